The van der Waals surface area contributed by atoms with E-state index >= 15 is 0 Å². The first-order valence-electron chi connectivity index (χ1n) is 3.63. The number of hydrogen-bond acceptors (Lipinski definition) is 2. The Morgan fingerprint density at radius 3 is 2.69 bits per heavy atom. The molecule has 0 N–H and O–H groups in total. The minimum Gasteiger partial charge on any atom is -0.468 e. The van der Waals surface area contributed by atoms with Crippen molar-refractivity contribution in [3.63, 3.8) is 0 Å². The molecular formula is C9H8BrClO2. The van der Waals surface area contributed by atoms with Crippen LogP contribution in [0.25, 0.3) is 0 Å². The molecule has 0 bridgehead atoms. The van der Waals surface area contributed by atoms with E-state index < -0.39 is 4.83 Å². The molecule has 0 aliphatic carbocycles. The Morgan fingerprint density at radius 2 is 2.15 bits per heavy atom. The largest absolute Gasteiger partial charge is 0.468 e. The molecule has 1 aromatic rings. The molecule has 0 unspecified atom stereocenters. The molecular weight excluding hydrogens is 255 g/mol. The van der Waals surface area contributed by atoms with Crippen molar-refractivity contribution in [3.05, 3.63) is 34.9 Å². The van der Waals surface area contributed by atoms with Crippen LogP contribution < -0.4 is 0 Å². The van der Waals surface area contributed by atoms with Gasteiger partial charge in [0.05, 0.1) is 7.11 Å². The SMILES string of the molecule is COC(=O)[C@@H](Br)c1ccccc1Cl. The number of methoxy groups -OCH3 is 1. The number of benzene rings is 1. The number of esters is 1. The van der Waals surface area contributed by atoms with Crippen LogP contribution in [0, 0.1) is 0 Å². The van der Waals surface area contributed by atoms with Crippen LogP contribution in [0.4, 0.5) is 0 Å². The van der Waals surface area contributed by atoms with E-state index in [0.29, 0.717) is 5.02 Å². The summed E-state index contributed by atoms with van der Waals surface area (Å²) < 4.78 is 4.58. The molecule has 1 rings (SSSR count). The fourth-order valence-corrected chi connectivity index (χ4v) is 1.87. The Hall–Kier alpha value is -0.540. The third-order valence-corrected chi connectivity index (χ3v) is 2.80. The summed E-state index contributed by atoms with van der Waals surface area (Å²) in [6.45, 7) is 0. The lowest BCUT2D eigenvalue weighted by Gasteiger charge is -2.08. The summed E-state index contributed by atoms with van der Waals surface area (Å²) in [7, 11) is 1.34. The van der Waals surface area contributed by atoms with Gasteiger partial charge in [-0.3, -0.25) is 4.79 Å². The van der Waals surface area contributed by atoms with Crippen molar-refractivity contribution in [1.82, 2.24) is 0 Å². The molecule has 1 atom stereocenters. The first-order chi connectivity index (χ1) is 6.16. The minimum absolute atomic E-state index is 0.354. The number of alkyl halides is 1. The zero-order valence-corrected chi connectivity index (χ0v) is 9.30. The molecule has 0 aromatic heterocycles. The Balaban J connectivity index is 2.95. The predicted molar refractivity (Wildman–Crippen MR) is 55.1 cm³/mol. The molecule has 0 spiro atoms. The number of carbonyl (C=O) groups excluding carboxylic acids is 1. The second-order valence-electron chi connectivity index (χ2n) is 2.41. The van der Waals surface area contributed by atoms with Gasteiger partial charge in [0.25, 0.3) is 0 Å². The Bertz CT molecular complexity index is 314. The highest BCUT2D eigenvalue weighted by atomic mass is 79.9. The second kappa shape index (κ2) is 4.63. The van der Waals surface area contributed by atoms with Crippen LogP contribution in [0.2, 0.25) is 5.02 Å². The first kappa shape index (κ1) is 10.5. The molecule has 13 heavy (non-hydrogen) atoms. The maximum absolute atomic E-state index is 11.1. The average Bonchev–Trinajstić information content (AvgIpc) is 2.16. The van der Waals surface area contributed by atoms with E-state index in [4.69, 9.17) is 11.6 Å². The highest BCUT2D eigenvalue weighted by Gasteiger charge is 2.19. The zero-order valence-electron chi connectivity index (χ0n) is 6.96. The van der Waals surface area contributed by atoms with Gasteiger partial charge in [-0.25, -0.2) is 0 Å². The molecule has 0 aliphatic heterocycles. The fraction of sp³-hybridized carbons (Fsp3) is 0.222. The van der Waals surface area contributed by atoms with Crippen LogP contribution in [0.1, 0.15) is 10.4 Å². The van der Waals surface area contributed by atoms with Gasteiger partial charge in [0.2, 0.25) is 0 Å². The fourth-order valence-electron chi connectivity index (χ4n) is 0.911. The summed E-state index contributed by atoms with van der Waals surface area (Å²) in [5, 5.41) is 0.551. The molecule has 0 amide bonds. The second-order valence-corrected chi connectivity index (χ2v) is 3.73. The summed E-state index contributed by atoms with van der Waals surface area (Å²) in [6.07, 6.45) is 0. The molecule has 0 radical (unpaired) electrons. The van der Waals surface area contributed by atoms with Gasteiger partial charge >= 0.3 is 5.97 Å². The summed E-state index contributed by atoms with van der Waals surface area (Å²) in [6, 6.07) is 7.13. The first-order valence-corrected chi connectivity index (χ1v) is 4.92. The van der Waals surface area contributed by atoms with Gasteiger partial charge in [-0.15, -0.1) is 0 Å². The molecule has 4 heteroatoms. The van der Waals surface area contributed by atoms with E-state index in [0.717, 1.165) is 5.56 Å². The van der Waals surface area contributed by atoms with Crippen molar-refractivity contribution in [2.24, 2.45) is 0 Å². The maximum atomic E-state index is 11.1. The van der Waals surface area contributed by atoms with Crippen LogP contribution >= 0.6 is 27.5 Å². The van der Waals surface area contributed by atoms with E-state index in [2.05, 4.69) is 20.7 Å². The number of carbonyl (C=O) groups is 1. The summed E-state index contributed by atoms with van der Waals surface area (Å²) in [5.41, 5.74) is 0.719. The topological polar surface area (TPSA) is 26.3 Å². The molecule has 0 saturated heterocycles. The van der Waals surface area contributed by atoms with Gasteiger partial charge in [-0.05, 0) is 11.6 Å². The molecule has 2 nitrogen and oxygen atoms in total. The summed E-state index contributed by atoms with van der Waals surface area (Å²) in [4.78, 5) is 10.6. The quantitative estimate of drug-likeness (QED) is 0.606. The van der Waals surface area contributed by atoms with Gasteiger partial charge in [0, 0.05) is 5.02 Å². The van der Waals surface area contributed by atoms with Gasteiger partial charge in [0.15, 0.2) is 0 Å². The van der Waals surface area contributed by atoms with Crippen molar-refractivity contribution < 1.29 is 9.53 Å². The summed E-state index contributed by atoms with van der Waals surface area (Å²) in [5.74, 6) is -0.354. The Kier molecular flexibility index (Phi) is 3.75. The van der Waals surface area contributed by atoms with Crippen LogP contribution in [-0.4, -0.2) is 13.1 Å². The van der Waals surface area contributed by atoms with E-state index in [1.54, 1.807) is 12.1 Å². The molecule has 70 valence electrons. The lowest BCUT2D eigenvalue weighted by molar-refractivity contribution is -0.139. The van der Waals surface area contributed by atoms with Gasteiger partial charge in [-0.1, -0.05) is 45.7 Å². The van der Waals surface area contributed by atoms with E-state index in [9.17, 15) is 4.79 Å². The van der Waals surface area contributed by atoms with Gasteiger partial charge in [-0.2, -0.15) is 0 Å². The normalized spacial score (nSPS) is 12.2. The molecule has 1 aromatic carbocycles. The predicted octanol–water partition coefficient (Wildman–Crippen LogP) is 2.95. The number of hydrogen-bond donors (Lipinski definition) is 0. The molecule has 0 fully saturated rings. The third-order valence-electron chi connectivity index (χ3n) is 1.59. The third kappa shape index (κ3) is 2.45. The Morgan fingerprint density at radius 1 is 1.54 bits per heavy atom. The molecule has 0 saturated carbocycles. The average molecular weight is 264 g/mol. The van der Waals surface area contributed by atoms with Crippen LogP contribution in [0.3, 0.4) is 0 Å². The Labute approximate surface area is 90.0 Å². The van der Waals surface area contributed by atoms with Crippen molar-refractivity contribution in [2.75, 3.05) is 7.11 Å². The number of rotatable bonds is 2. The number of ether oxygens (including phenoxy) is 1. The van der Waals surface area contributed by atoms with Gasteiger partial charge < -0.3 is 4.74 Å². The zero-order chi connectivity index (χ0) is 9.84. The van der Waals surface area contributed by atoms with Crippen LogP contribution in [0.5, 0.6) is 0 Å². The highest BCUT2D eigenvalue weighted by Crippen LogP contribution is 2.29. The monoisotopic (exact) mass is 262 g/mol. The van der Waals surface area contributed by atoms with Gasteiger partial charge in [0.1, 0.15) is 4.83 Å². The van der Waals surface area contributed by atoms with Crippen molar-refractivity contribution >= 4 is 33.5 Å². The highest BCUT2D eigenvalue weighted by molar-refractivity contribution is 9.09. The molecule has 0 heterocycles. The van der Waals surface area contributed by atoms with Crippen LogP contribution in [0.15, 0.2) is 24.3 Å². The minimum atomic E-state index is -0.494. The maximum Gasteiger partial charge on any atom is 0.324 e. The number of halogens is 2. The van der Waals surface area contributed by atoms with Crippen molar-refractivity contribution in [3.8, 4) is 0 Å². The lowest BCUT2D eigenvalue weighted by atomic mass is 10.1. The van der Waals surface area contributed by atoms with Crippen molar-refractivity contribution in [1.29, 1.82) is 0 Å². The summed E-state index contributed by atoms with van der Waals surface area (Å²) >= 11 is 9.09. The smallest absolute Gasteiger partial charge is 0.324 e. The lowest BCUT2D eigenvalue weighted by Crippen LogP contribution is -2.08. The van der Waals surface area contributed by atoms with Crippen LogP contribution in [-0.2, 0) is 9.53 Å². The van der Waals surface area contributed by atoms with E-state index in [-0.39, 0.29) is 5.97 Å². The van der Waals surface area contributed by atoms with Crippen molar-refractivity contribution in [2.45, 2.75) is 4.83 Å². The molecule has 0 aliphatic rings. The van der Waals surface area contributed by atoms with E-state index in [1.807, 2.05) is 12.1 Å². The standard InChI is InChI=1S/C9H8BrClO2/c1-13-9(12)8(10)6-4-2-3-5-7(6)11/h2-5,8H,1H3/t8-/m0/s1. The van der Waals surface area contributed by atoms with E-state index in [1.165, 1.54) is 7.11 Å².